The third-order valence-electron chi connectivity index (χ3n) is 4.02. The van der Waals surface area contributed by atoms with Gasteiger partial charge in [-0.3, -0.25) is 9.59 Å². The molecule has 0 unspecified atom stereocenters. The van der Waals surface area contributed by atoms with Crippen LogP contribution in [0.15, 0.2) is 48.5 Å². The molecule has 124 valence electrons. The van der Waals surface area contributed by atoms with E-state index >= 15 is 0 Å². The van der Waals surface area contributed by atoms with E-state index in [4.69, 9.17) is 11.6 Å². The molecule has 2 amide bonds. The molecule has 4 nitrogen and oxygen atoms in total. The highest BCUT2D eigenvalue weighted by Gasteiger charge is 2.34. The first-order valence-electron chi connectivity index (χ1n) is 7.67. The average Bonchev–Trinajstić information content (AvgIpc) is 3.07. The van der Waals surface area contributed by atoms with Gasteiger partial charge in [0, 0.05) is 22.8 Å². The van der Waals surface area contributed by atoms with Gasteiger partial charge in [0.15, 0.2) is 0 Å². The maximum atomic E-state index is 13.0. The van der Waals surface area contributed by atoms with Crippen LogP contribution in [0.4, 0.5) is 10.1 Å². The molecule has 24 heavy (non-hydrogen) atoms. The molecule has 0 radical (unpaired) electrons. The molecule has 1 heterocycles. The van der Waals surface area contributed by atoms with Crippen molar-refractivity contribution in [3.63, 3.8) is 0 Å². The molecule has 1 fully saturated rings. The van der Waals surface area contributed by atoms with Crippen molar-refractivity contribution in [3.8, 4) is 0 Å². The van der Waals surface area contributed by atoms with E-state index in [1.165, 1.54) is 24.3 Å². The Morgan fingerprint density at radius 2 is 1.75 bits per heavy atom. The molecule has 0 aliphatic carbocycles. The van der Waals surface area contributed by atoms with Gasteiger partial charge in [-0.05, 0) is 61.4 Å². The number of hydrogen-bond acceptors (Lipinski definition) is 2. The van der Waals surface area contributed by atoms with Gasteiger partial charge in [0.2, 0.25) is 5.91 Å². The predicted octanol–water partition coefficient (Wildman–Crippen LogP) is 3.72. The molecule has 3 rings (SSSR count). The number of benzene rings is 2. The zero-order valence-electron chi connectivity index (χ0n) is 12.8. The summed E-state index contributed by atoms with van der Waals surface area (Å²) in [5, 5.41) is 3.39. The van der Waals surface area contributed by atoms with Crippen LogP contribution in [0.25, 0.3) is 0 Å². The SMILES string of the molecule is O=C(Nc1ccc(Cl)cc1)[C@H]1CCCN1C(=O)c1ccc(F)cc1. The molecule has 0 spiro atoms. The van der Waals surface area contributed by atoms with Crippen molar-refractivity contribution in [1.82, 2.24) is 4.90 Å². The maximum absolute atomic E-state index is 13.0. The smallest absolute Gasteiger partial charge is 0.254 e. The van der Waals surface area contributed by atoms with Crippen molar-refractivity contribution in [3.05, 3.63) is 64.9 Å². The Labute approximate surface area is 144 Å². The fraction of sp³-hybridized carbons (Fsp3) is 0.222. The molecule has 2 aromatic rings. The van der Waals surface area contributed by atoms with Gasteiger partial charge in [-0.2, -0.15) is 0 Å². The summed E-state index contributed by atoms with van der Waals surface area (Å²) in [6.07, 6.45) is 1.36. The standard InChI is InChI=1S/C18H16ClFN2O2/c19-13-5-9-15(10-6-13)21-17(23)16-2-1-11-22(16)18(24)12-3-7-14(20)8-4-12/h3-10,16H,1-2,11H2,(H,21,23)/t16-/m1/s1. The molecule has 1 aliphatic heterocycles. The fourth-order valence-corrected chi connectivity index (χ4v) is 2.93. The highest BCUT2D eigenvalue weighted by Crippen LogP contribution is 2.22. The second kappa shape index (κ2) is 7.01. The molecular weight excluding hydrogens is 331 g/mol. The first kappa shape index (κ1) is 16.5. The molecule has 1 atom stereocenters. The molecular formula is C18H16ClFN2O2. The number of halogens is 2. The summed E-state index contributed by atoms with van der Waals surface area (Å²) in [4.78, 5) is 26.6. The number of hydrogen-bond donors (Lipinski definition) is 1. The Balaban J connectivity index is 1.72. The Morgan fingerprint density at radius 1 is 1.08 bits per heavy atom. The van der Waals surface area contributed by atoms with Crippen LogP contribution >= 0.6 is 11.6 Å². The molecule has 1 saturated heterocycles. The maximum Gasteiger partial charge on any atom is 0.254 e. The fourth-order valence-electron chi connectivity index (χ4n) is 2.80. The van der Waals surface area contributed by atoms with E-state index < -0.39 is 11.9 Å². The molecule has 6 heteroatoms. The Kier molecular flexibility index (Phi) is 4.81. The average molecular weight is 347 g/mol. The zero-order valence-corrected chi connectivity index (χ0v) is 13.6. The van der Waals surface area contributed by atoms with Crippen LogP contribution in [0.3, 0.4) is 0 Å². The summed E-state index contributed by atoms with van der Waals surface area (Å²) in [6, 6.07) is 11.6. The van der Waals surface area contributed by atoms with Gasteiger partial charge in [-0.25, -0.2) is 4.39 Å². The summed E-state index contributed by atoms with van der Waals surface area (Å²) >= 11 is 5.83. The topological polar surface area (TPSA) is 49.4 Å². The summed E-state index contributed by atoms with van der Waals surface area (Å²) in [5.41, 5.74) is 1.01. The Hall–Kier alpha value is -2.40. The van der Waals surface area contributed by atoms with Crippen LogP contribution in [0, 0.1) is 5.82 Å². The van der Waals surface area contributed by atoms with E-state index in [1.54, 1.807) is 29.2 Å². The van der Waals surface area contributed by atoms with Crippen molar-refractivity contribution in [2.24, 2.45) is 0 Å². The van der Waals surface area contributed by atoms with Crippen molar-refractivity contribution < 1.29 is 14.0 Å². The minimum atomic E-state index is -0.529. The number of amides is 2. The summed E-state index contributed by atoms with van der Waals surface area (Å²) in [6.45, 7) is 0.509. The minimum absolute atomic E-state index is 0.231. The summed E-state index contributed by atoms with van der Waals surface area (Å²) in [5.74, 6) is -0.890. The lowest BCUT2D eigenvalue weighted by atomic mass is 10.1. The molecule has 1 N–H and O–H groups in total. The van der Waals surface area contributed by atoms with Gasteiger partial charge in [0.1, 0.15) is 11.9 Å². The van der Waals surface area contributed by atoms with Crippen molar-refractivity contribution in [1.29, 1.82) is 0 Å². The van der Waals surface area contributed by atoms with Gasteiger partial charge < -0.3 is 10.2 Å². The van der Waals surface area contributed by atoms with Crippen molar-refractivity contribution >= 4 is 29.1 Å². The van der Waals surface area contributed by atoms with Crippen LogP contribution < -0.4 is 5.32 Å². The van der Waals surface area contributed by atoms with Gasteiger partial charge in [0.05, 0.1) is 0 Å². The highest BCUT2D eigenvalue weighted by molar-refractivity contribution is 6.30. The number of nitrogens with zero attached hydrogens (tertiary/aromatic N) is 1. The van der Waals surface area contributed by atoms with Crippen LogP contribution in [0.2, 0.25) is 5.02 Å². The largest absolute Gasteiger partial charge is 0.327 e. The third-order valence-corrected chi connectivity index (χ3v) is 4.27. The normalized spacial score (nSPS) is 16.9. The lowest BCUT2D eigenvalue weighted by Crippen LogP contribution is -2.43. The highest BCUT2D eigenvalue weighted by atomic mass is 35.5. The summed E-state index contributed by atoms with van der Waals surface area (Å²) in [7, 11) is 0. The van der Waals surface area contributed by atoms with E-state index in [0.717, 1.165) is 6.42 Å². The van der Waals surface area contributed by atoms with Crippen molar-refractivity contribution in [2.75, 3.05) is 11.9 Å². The first-order valence-corrected chi connectivity index (χ1v) is 8.05. The van der Waals surface area contributed by atoms with E-state index in [2.05, 4.69) is 5.32 Å². The number of likely N-dealkylation sites (tertiary alicyclic amines) is 1. The first-order chi connectivity index (χ1) is 11.5. The lowest BCUT2D eigenvalue weighted by Gasteiger charge is -2.24. The van der Waals surface area contributed by atoms with E-state index in [0.29, 0.717) is 29.2 Å². The van der Waals surface area contributed by atoms with E-state index in [1.807, 2.05) is 0 Å². The molecule has 0 saturated carbocycles. The van der Waals surface area contributed by atoms with Crippen LogP contribution in [-0.2, 0) is 4.79 Å². The number of carbonyl (C=O) groups is 2. The minimum Gasteiger partial charge on any atom is -0.327 e. The summed E-state index contributed by atoms with van der Waals surface area (Å²) < 4.78 is 13.0. The lowest BCUT2D eigenvalue weighted by molar-refractivity contribution is -0.119. The van der Waals surface area contributed by atoms with Gasteiger partial charge >= 0.3 is 0 Å². The van der Waals surface area contributed by atoms with Crippen LogP contribution in [0.1, 0.15) is 23.2 Å². The second-order valence-electron chi connectivity index (χ2n) is 5.66. The quantitative estimate of drug-likeness (QED) is 0.920. The third kappa shape index (κ3) is 3.57. The Bertz CT molecular complexity index is 747. The number of carbonyl (C=O) groups excluding carboxylic acids is 2. The van der Waals surface area contributed by atoms with Gasteiger partial charge in [-0.1, -0.05) is 11.6 Å². The monoisotopic (exact) mass is 346 g/mol. The van der Waals surface area contributed by atoms with Crippen LogP contribution in [-0.4, -0.2) is 29.3 Å². The molecule has 1 aliphatic rings. The van der Waals surface area contributed by atoms with Crippen LogP contribution in [0.5, 0.6) is 0 Å². The van der Waals surface area contributed by atoms with E-state index in [9.17, 15) is 14.0 Å². The van der Waals surface area contributed by atoms with Crippen molar-refractivity contribution in [2.45, 2.75) is 18.9 Å². The number of rotatable bonds is 3. The predicted molar refractivity (Wildman–Crippen MR) is 90.5 cm³/mol. The second-order valence-corrected chi connectivity index (χ2v) is 6.10. The molecule has 0 bridgehead atoms. The number of nitrogens with one attached hydrogen (secondary N) is 1. The van der Waals surface area contributed by atoms with Gasteiger partial charge in [0.25, 0.3) is 5.91 Å². The molecule has 0 aromatic heterocycles. The van der Waals surface area contributed by atoms with Gasteiger partial charge in [-0.15, -0.1) is 0 Å². The Morgan fingerprint density at radius 3 is 2.42 bits per heavy atom. The van der Waals surface area contributed by atoms with E-state index in [-0.39, 0.29) is 11.8 Å². The number of anilines is 1. The molecule has 2 aromatic carbocycles. The zero-order chi connectivity index (χ0) is 17.1.